The first-order valence-corrected chi connectivity index (χ1v) is 40.6. The molecule has 32 heteroatoms. The van der Waals surface area contributed by atoms with Gasteiger partial charge in [0.2, 0.25) is 24.4 Å². The minimum absolute atomic E-state index is 0. The van der Waals surface area contributed by atoms with Crippen LogP contribution in [0, 0.1) is 41.5 Å². The number of esters is 4. The van der Waals surface area contributed by atoms with Gasteiger partial charge in [-0.2, -0.15) is 54.0 Å². The third-order valence-electron chi connectivity index (χ3n) is 23.4. The number of aliphatic carboxylic acids is 4. The van der Waals surface area contributed by atoms with Crippen LogP contribution in [0.3, 0.4) is 0 Å². The first-order valence-electron chi connectivity index (χ1n) is 40.6. The van der Waals surface area contributed by atoms with Gasteiger partial charge in [-0.1, -0.05) is 165 Å². The van der Waals surface area contributed by atoms with Crippen LogP contribution in [0.1, 0.15) is 187 Å². The van der Waals surface area contributed by atoms with E-state index in [-0.39, 0.29) is 112 Å². The number of carboxylic acids is 4. The summed E-state index contributed by atoms with van der Waals surface area (Å²) in [5.41, 5.74) is 19.1. The molecule has 10 N–H and O–H groups in total. The van der Waals surface area contributed by atoms with Crippen molar-refractivity contribution in [1.29, 1.82) is 0 Å². The Morgan fingerprint density at radius 1 is 0.344 bits per heavy atom. The lowest BCUT2D eigenvalue weighted by Gasteiger charge is -2.35. The van der Waals surface area contributed by atoms with E-state index in [0.29, 0.717) is 37.4 Å². The Balaban J connectivity index is 0.000000214. The molecule has 16 rings (SSSR count). The quantitative estimate of drug-likeness (QED) is 0.0357. The molecule has 6 amide bonds. The number of aryl methyl sites for hydroxylation is 6. The molecule has 6 fully saturated rings. The Hall–Kier alpha value is -11.4. The number of allylic oxidation sites excluding steroid dienone is 3. The highest BCUT2D eigenvalue weighted by atomic mass is 32.1. The van der Waals surface area contributed by atoms with Crippen LogP contribution in [-0.2, 0) is 57.8 Å². The standard InChI is InChI=1S/3C19H25N3O.2C18H14O8.4H2S.H2/c3*1-12-8-13(2)17-14(3)10-16-19(4-6-20-7-5-19)21-18(23)22(16)11-15(17)9-12;2*19-15(20)13(25-17(23)11-7-3-1-4-8-11)14(16(21)22)26-18(24)12-9-5-2-6-10-12;;;;;/h3*8-10,14,20H,4-7,11H2,1-3H3,(H,21,23);2*1-10,13-14H,(H,19,20)(H,21,22);4*1H2;1H/t2*14-;;2*13-,14?;;;;;/m00.00...../s1. The fraction of sp³-hybridized carbons (Fsp3) is 0.366. The van der Waals surface area contributed by atoms with Gasteiger partial charge in [-0.15, -0.1) is 0 Å². The van der Waals surface area contributed by atoms with E-state index in [9.17, 15) is 73.2 Å². The molecular weight excluding hydrogens is 1680 g/mol. The molecule has 6 saturated heterocycles. The highest BCUT2D eigenvalue weighted by molar-refractivity contribution is 7.59. The third kappa shape index (κ3) is 22.5. The SMILES string of the molecule is Cc1cc(C)c2c(c1)CN1C(=O)NC3(CCNCC3)C1=CC2C.Cc1cc(C)c2c(c1)CN1C(=O)NC3(CCNCC3)C1=C[C@@H]2C.Cc1cc(C)c2c(c1)CN1C(=O)NC3(CCNCC3)C1=C[C@@H]2C.O=C(OC(C(=O)O)[C@H](OC(=O)c1ccccc1)C(=O)O)c1ccccc1.O=C(OC(C(=O)O)[C@H](OC(=O)c1ccccc1)C(=O)O)c1ccccc1.S.S.S.S.[HH]. The van der Waals surface area contributed by atoms with Crippen molar-refractivity contribution in [3.05, 3.63) is 282 Å². The van der Waals surface area contributed by atoms with Crippen molar-refractivity contribution in [2.24, 2.45) is 0 Å². The number of rotatable bonds is 14. The summed E-state index contributed by atoms with van der Waals surface area (Å²) in [6, 6.07) is 43.4. The molecule has 9 heterocycles. The van der Waals surface area contributed by atoms with Crippen LogP contribution in [0.5, 0.6) is 0 Å². The van der Waals surface area contributed by atoms with E-state index >= 15 is 0 Å². The zero-order chi connectivity index (χ0) is 86.8. The monoisotopic (exact) mass is 1790 g/mol. The number of carbonyl (C=O) groups is 11. The Morgan fingerprint density at radius 3 is 0.736 bits per heavy atom. The zero-order valence-corrected chi connectivity index (χ0v) is 75.1. The Labute approximate surface area is 756 Å². The van der Waals surface area contributed by atoms with Gasteiger partial charge < -0.3 is 71.3 Å². The Bertz CT molecular complexity index is 4680. The van der Waals surface area contributed by atoms with Crippen molar-refractivity contribution in [2.45, 2.75) is 179 Å². The molecular formula is C93H113N9O19S4. The van der Waals surface area contributed by atoms with Gasteiger partial charge >= 0.3 is 65.8 Å². The summed E-state index contributed by atoms with van der Waals surface area (Å²) in [6.45, 7) is 27.6. The average Bonchev–Trinajstić information content (AvgIpc) is 1.60. The van der Waals surface area contributed by atoms with Gasteiger partial charge in [-0.05, 0) is 218 Å². The minimum Gasteiger partial charge on any atom is -0.478 e. The second kappa shape index (κ2) is 43.0. The lowest BCUT2D eigenvalue weighted by atomic mass is 9.83. The zero-order valence-electron chi connectivity index (χ0n) is 71.1. The molecule has 9 aliphatic heterocycles. The van der Waals surface area contributed by atoms with E-state index in [0.717, 1.165) is 77.8 Å². The number of nitrogens with one attached hydrogen (secondary N) is 6. The molecule has 7 aromatic rings. The van der Waals surface area contributed by atoms with Crippen molar-refractivity contribution in [1.82, 2.24) is 46.6 Å². The Morgan fingerprint density at radius 2 is 0.544 bits per heavy atom. The van der Waals surface area contributed by atoms with Crippen LogP contribution in [0.25, 0.3) is 0 Å². The predicted molar refractivity (Wildman–Crippen MR) is 491 cm³/mol. The third-order valence-corrected chi connectivity index (χ3v) is 23.4. The number of carboxylic acid groups (broad SMARTS) is 4. The number of ether oxygens (including phenoxy) is 4. The number of carbonyl (C=O) groups excluding carboxylic acids is 7. The molecule has 9 aliphatic rings. The van der Waals surface area contributed by atoms with Gasteiger partial charge in [0.1, 0.15) is 0 Å². The fourth-order valence-electron chi connectivity index (χ4n) is 18.1. The van der Waals surface area contributed by atoms with Gasteiger partial charge in [-0.25, -0.2) is 52.7 Å². The van der Waals surface area contributed by atoms with Gasteiger partial charge in [0, 0.05) is 36.3 Å². The second-order valence-corrected chi connectivity index (χ2v) is 32.2. The molecule has 0 saturated carbocycles. The normalized spacial score (nSPS) is 19.3. The highest BCUT2D eigenvalue weighted by Gasteiger charge is 2.53. The number of hydrogen-bond acceptors (Lipinski definition) is 18. The van der Waals surface area contributed by atoms with Gasteiger partial charge in [0.05, 0.1) is 58.5 Å². The molecule has 0 aliphatic carbocycles. The van der Waals surface area contributed by atoms with Crippen LogP contribution in [-0.4, -0.2) is 181 Å². The summed E-state index contributed by atoms with van der Waals surface area (Å²) in [7, 11) is 0. The summed E-state index contributed by atoms with van der Waals surface area (Å²) < 4.78 is 19.0. The maximum absolute atomic E-state index is 12.7. The first-order chi connectivity index (χ1) is 57.8. The second-order valence-electron chi connectivity index (χ2n) is 32.2. The largest absolute Gasteiger partial charge is 0.478 e. The van der Waals surface area contributed by atoms with Crippen LogP contribution in [0.2, 0.25) is 0 Å². The maximum atomic E-state index is 12.7. The maximum Gasteiger partial charge on any atom is 0.349 e. The smallest absolute Gasteiger partial charge is 0.349 e. The van der Waals surface area contributed by atoms with Crippen molar-refractivity contribution < 1.29 is 93.5 Å². The van der Waals surface area contributed by atoms with E-state index in [4.69, 9.17) is 18.9 Å². The molecule has 3 unspecified atom stereocenters. The number of hydrogen-bond donors (Lipinski definition) is 10. The topological polar surface area (TPSA) is 388 Å². The van der Waals surface area contributed by atoms with Crippen molar-refractivity contribution in [3.8, 4) is 0 Å². The van der Waals surface area contributed by atoms with Gasteiger partial charge in [0.25, 0.3) is 0 Å². The van der Waals surface area contributed by atoms with Gasteiger partial charge in [0.15, 0.2) is 0 Å². The number of fused-ring (bicyclic) bond motifs is 9. The summed E-state index contributed by atoms with van der Waals surface area (Å²) in [6.07, 6.45) is 3.98. The number of urea groups is 3. The summed E-state index contributed by atoms with van der Waals surface area (Å²) >= 11 is 0. The van der Waals surface area contributed by atoms with E-state index in [2.05, 4.69) is 149 Å². The summed E-state index contributed by atoms with van der Waals surface area (Å²) in [5.74, 6) is -10.3. The molecule has 0 radical (unpaired) electrons. The Kier molecular flexibility index (Phi) is 34.1. The number of benzene rings is 7. The van der Waals surface area contributed by atoms with Crippen LogP contribution < -0.4 is 31.9 Å². The number of piperidine rings is 3. The summed E-state index contributed by atoms with van der Waals surface area (Å²) in [4.78, 5) is 138. The van der Waals surface area contributed by atoms with Crippen molar-refractivity contribution in [3.63, 3.8) is 0 Å². The number of amides is 6. The molecule has 28 nitrogen and oxygen atoms in total. The van der Waals surface area contributed by atoms with Crippen molar-refractivity contribution >= 4 is 120 Å². The number of nitrogens with zero attached hydrogens (tertiary/aromatic N) is 3. The molecule has 125 heavy (non-hydrogen) atoms. The lowest BCUT2D eigenvalue weighted by molar-refractivity contribution is -0.166. The first kappa shape index (κ1) is 99.0. The molecule has 3 spiro atoms. The predicted octanol–water partition coefficient (Wildman–Crippen LogP) is 12.8. The van der Waals surface area contributed by atoms with Crippen LogP contribution >= 0.6 is 54.0 Å². The van der Waals surface area contributed by atoms with E-state index in [1.807, 2.05) is 14.7 Å². The molecule has 0 aromatic heterocycles. The fourth-order valence-corrected chi connectivity index (χ4v) is 18.1. The van der Waals surface area contributed by atoms with Crippen molar-refractivity contribution in [2.75, 3.05) is 39.3 Å². The molecule has 7 aromatic carbocycles. The highest BCUT2D eigenvalue weighted by Crippen LogP contribution is 2.46. The molecule has 668 valence electrons. The van der Waals surface area contributed by atoms with E-state index < -0.39 is 72.2 Å². The van der Waals surface area contributed by atoms with E-state index in [1.165, 1.54) is 181 Å². The van der Waals surface area contributed by atoms with Crippen LogP contribution in [0.4, 0.5) is 14.4 Å². The minimum atomic E-state index is -2.21. The molecule has 0 bridgehead atoms. The molecule has 7 atom stereocenters. The lowest BCUT2D eigenvalue weighted by Crippen LogP contribution is -2.50. The average molecular weight is 1790 g/mol. The summed E-state index contributed by atoms with van der Waals surface area (Å²) in [5, 5.41) is 57.1. The van der Waals surface area contributed by atoms with Gasteiger partial charge in [-0.3, -0.25) is 14.7 Å². The van der Waals surface area contributed by atoms with Crippen LogP contribution in [0.15, 0.2) is 193 Å². The van der Waals surface area contributed by atoms with E-state index in [1.54, 1.807) is 24.3 Å².